The van der Waals surface area contributed by atoms with Crippen LogP contribution in [0.5, 0.6) is 0 Å². The standard InChI is InChI=1S/C45H81O13P/c1-3-5-7-9-11-13-15-17-19-21-23-25-27-29-31-33-38(46)55-35-37(36-56-59(53,54)58-45-43(51)41(49)40(48)42(50)44(45)52)57-39(47)34-32-30-28-26-24-22-20-18-16-14-12-10-8-6-4-2/h11,13,17-20,37,40-45,48-52H,3-10,12,14-16,21-36H2,1-2H3,(H,53,54). The molecule has 1 fully saturated rings. The summed E-state index contributed by atoms with van der Waals surface area (Å²) in [6.45, 7) is 3.24. The molecule has 0 aliphatic heterocycles. The van der Waals surface area contributed by atoms with Gasteiger partial charge in [0.05, 0.1) is 6.61 Å². The van der Waals surface area contributed by atoms with Crippen molar-refractivity contribution in [1.82, 2.24) is 0 Å². The van der Waals surface area contributed by atoms with Crippen LogP contribution in [0, 0.1) is 0 Å². The number of allylic oxidation sites excluding steroid dienone is 6. The number of phosphoric ester groups is 1. The van der Waals surface area contributed by atoms with E-state index in [1.807, 2.05) is 0 Å². The van der Waals surface area contributed by atoms with E-state index in [-0.39, 0.29) is 12.8 Å². The van der Waals surface area contributed by atoms with Crippen molar-refractivity contribution in [1.29, 1.82) is 0 Å². The Bertz CT molecular complexity index is 1180. The van der Waals surface area contributed by atoms with Gasteiger partial charge in [0.1, 0.15) is 43.2 Å². The van der Waals surface area contributed by atoms with E-state index < -0.39 is 75.7 Å². The predicted molar refractivity (Wildman–Crippen MR) is 230 cm³/mol. The number of carbonyl (C=O) groups is 2. The van der Waals surface area contributed by atoms with Crippen LogP contribution in [0.1, 0.15) is 181 Å². The number of phosphoric acid groups is 1. The zero-order valence-electron chi connectivity index (χ0n) is 36.3. The van der Waals surface area contributed by atoms with Crippen LogP contribution in [0.15, 0.2) is 36.5 Å². The Labute approximate surface area is 355 Å². The first kappa shape index (κ1) is 55.1. The summed E-state index contributed by atoms with van der Waals surface area (Å²) in [6, 6.07) is 0. The smallest absolute Gasteiger partial charge is 0.462 e. The average molecular weight is 861 g/mol. The number of unbranched alkanes of at least 4 members (excludes halogenated alkanes) is 19. The minimum absolute atomic E-state index is 0.0837. The second kappa shape index (κ2) is 35.6. The number of hydrogen-bond acceptors (Lipinski definition) is 12. The van der Waals surface area contributed by atoms with Gasteiger partial charge < -0.3 is 39.9 Å². The van der Waals surface area contributed by atoms with Crippen molar-refractivity contribution in [3.63, 3.8) is 0 Å². The van der Waals surface area contributed by atoms with Crippen LogP contribution in [0.2, 0.25) is 0 Å². The van der Waals surface area contributed by atoms with E-state index in [0.29, 0.717) is 12.8 Å². The largest absolute Gasteiger partial charge is 0.472 e. The van der Waals surface area contributed by atoms with Crippen LogP contribution in [-0.4, -0.2) is 98.3 Å². The highest BCUT2D eigenvalue weighted by molar-refractivity contribution is 7.47. The molecule has 14 heteroatoms. The van der Waals surface area contributed by atoms with Gasteiger partial charge in [-0.3, -0.25) is 18.6 Å². The molecule has 0 aromatic heterocycles. The van der Waals surface area contributed by atoms with Gasteiger partial charge in [0.25, 0.3) is 0 Å². The second-order valence-corrected chi connectivity index (χ2v) is 17.3. The Morgan fingerprint density at radius 1 is 0.525 bits per heavy atom. The van der Waals surface area contributed by atoms with Gasteiger partial charge in [-0.1, -0.05) is 134 Å². The van der Waals surface area contributed by atoms with Gasteiger partial charge >= 0.3 is 19.8 Å². The number of aliphatic hydroxyl groups is 5. The van der Waals surface area contributed by atoms with E-state index in [1.54, 1.807) is 0 Å². The molecule has 0 spiro atoms. The van der Waals surface area contributed by atoms with Crippen LogP contribution in [0.3, 0.4) is 0 Å². The lowest BCUT2D eigenvalue weighted by Crippen LogP contribution is -2.64. The highest BCUT2D eigenvalue weighted by Crippen LogP contribution is 2.47. The summed E-state index contributed by atoms with van der Waals surface area (Å²) in [5.41, 5.74) is 0. The maximum absolute atomic E-state index is 12.8. The molecular weight excluding hydrogens is 779 g/mol. The summed E-state index contributed by atoms with van der Waals surface area (Å²) in [6.07, 6.45) is 26.2. The van der Waals surface area contributed by atoms with Crippen LogP contribution < -0.4 is 0 Å². The van der Waals surface area contributed by atoms with Gasteiger partial charge in [-0.2, -0.15) is 0 Å². The molecule has 0 heterocycles. The van der Waals surface area contributed by atoms with E-state index in [9.17, 15) is 44.6 Å². The number of esters is 2. The maximum atomic E-state index is 12.8. The minimum atomic E-state index is -5.12. The van der Waals surface area contributed by atoms with E-state index in [1.165, 1.54) is 57.8 Å². The lowest BCUT2D eigenvalue weighted by atomic mass is 9.85. The molecule has 0 saturated heterocycles. The topological polar surface area (TPSA) is 210 Å². The third kappa shape index (κ3) is 28.3. The summed E-state index contributed by atoms with van der Waals surface area (Å²) in [4.78, 5) is 35.7. The van der Waals surface area contributed by atoms with Crippen LogP contribution in [0.4, 0.5) is 0 Å². The van der Waals surface area contributed by atoms with Crippen molar-refractivity contribution in [2.45, 2.75) is 224 Å². The second-order valence-electron chi connectivity index (χ2n) is 15.9. The summed E-state index contributed by atoms with van der Waals surface area (Å²) < 4.78 is 33.5. The lowest BCUT2D eigenvalue weighted by molar-refractivity contribution is -0.220. The number of hydrogen-bond donors (Lipinski definition) is 6. The summed E-state index contributed by atoms with van der Waals surface area (Å²) in [7, 11) is -5.12. The van der Waals surface area contributed by atoms with E-state index in [0.717, 1.165) is 83.5 Å². The molecule has 6 atom stereocenters. The molecule has 1 aliphatic rings. The van der Waals surface area contributed by atoms with Crippen molar-refractivity contribution in [2.24, 2.45) is 0 Å². The zero-order valence-corrected chi connectivity index (χ0v) is 37.2. The SMILES string of the molecule is CCCCCC=CCC=CCCCCCCCC(=O)OCC(COP(=O)(O)OC1C(O)C(O)C(O)C(O)C1O)OC(=O)CCCCCCCC=CCCCCCCCC. The van der Waals surface area contributed by atoms with Gasteiger partial charge in [0.2, 0.25) is 0 Å². The summed E-state index contributed by atoms with van der Waals surface area (Å²) >= 11 is 0. The van der Waals surface area contributed by atoms with Crippen molar-refractivity contribution in [2.75, 3.05) is 13.2 Å². The van der Waals surface area contributed by atoms with Gasteiger partial charge in [-0.15, -0.1) is 0 Å². The Kier molecular flexibility index (Phi) is 33.3. The molecular formula is C45H81O13P. The van der Waals surface area contributed by atoms with Crippen molar-refractivity contribution in [3.8, 4) is 0 Å². The van der Waals surface area contributed by atoms with E-state index in [4.69, 9.17) is 18.5 Å². The first-order valence-electron chi connectivity index (χ1n) is 22.8. The third-order valence-corrected chi connectivity index (χ3v) is 11.4. The fraction of sp³-hybridized carbons (Fsp3) is 0.822. The zero-order chi connectivity index (χ0) is 43.6. The first-order chi connectivity index (χ1) is 28.4. The fourth-order valence-electron chi connectivity index (χ4n) is 6.72. The molecule has 0 aromatic carbocycles. The molecule has 1 rings (SSSR count). The molecule has 344 valence electrons. The van der Waals surface area contributed by atoms with Gasteiger partial charge in [0, 0.05) is 12.8 Å². The Balaban J connectivity index is 2.49. The van der Waals surface area contributed by atoms with Crippen LogP contribution >= 0.6 is 7.82 Å². The number of ether oxygens (including phenoxy) is 2. The normalized spacial score (nSPS) is 22.6. The Morgan fingerprint density at radius 3 is 1.42 bits per heavy atom. The van der Waals surface area contributed by atoms with E-state index in [2.05, 4.69) is 50.3 Å². The highest BCUT2D eigenvalue weighted by atomic mass is 31.2. The molecule has 0 amide bonds. The van der Waals surface area contributed by atoms with Crippen molar-refractivity contribution in [3.05, 3.63) is 36.5 Å². The predicted octanol–water partition coefficient (Wildman–Crippen LogP) is 8.61. The van der Waals surface area contributed by atoms with Gasteiger partial charge in [0.15, 0.2) is 6.10 Å². The van der Waals surface area contributed by atoms with Crippen molar-refractivity contribution < 1.29 is 63.1 Å². The molecule has 0 bridgehead atoms. The molecule has 1 aliphatic carbocycles. The number of carbonyl (C=O) groups excluding carboxylic acids is 2. The molecule has 0 aromatic rings. The highest BCUT2D eigenvalue weighted by Gasteiger charge is 2.51. The molecule has 6 N–H and O–H groups in total. The number of aliphatic hydroxyl groups excluding tert-OH is 5. The Hall–Kier alpha value is -1.93. The molecule has 13 nitrogen and oxygen atoms in total. The quantitative estimate of drug-likeness (QED) is 0.0150. The van der Waals surface area contributed by atoms with Crippen LogP contribution in [-0.2, 0) is 32.7 Å². The lowest BCUT2D eigenvalue weighted by Gasteiger charge is -2.41. The van der Waals surface area contributed by atoms with Crippen molar-refractivity contribution >= 4 is 19.8 Å². The molecule has 0 radical (unpaired) electrons. The minimum Gasteiger partial charge on any atom is -0.462 e. The number of rotatable bonds is 37. The van der Waals surface area contributed by atoms with E-state index >= 15 is 0 Å². The first-order valence-corrected chi connectivity index (χ1v) is 24.3. The molecule has 59 heavy (non-hydrogen) atoms. The summed E-state index contributed by atoms with van der Waals surface area (Å²) in [5, 5.41) is 50.1. The molecule has 1 saturated carbocycles. The fourth-order valence-corrected chi connectivity index (χ4v) is 7.70. The molecule has 6 unspecified atom stereocenters. The summed E-state index contributed by atoms with van der Waals surface area (Å²) in [5.74, 6) is -1.12. The Morgan fingerprint density at radius 2 is 0.915 bits per heavy atom. The van der Waals surface area contributed by atoms with Gasteiger partial charge in [-0.05, 0) is 70.6 Å². The van der Waals surface area contributed by atoms with Crippen LogP contribution in [0.25, 0.3) is 0 Å². The van der Waals surface area contributed by atoms with Gasteiger partial charge in [-0.25, -0.2) is 4.57 Å². The average Bonchev–Trinajstić information content (AvgIpc) is 3.21. The third-order valence-electron chi connectivity index (χ3n) is 10.5. The maximum Gasteiger partial charge on any atom is 0.472 e. The monoisotopic (exact) mass is 861 g/mol.